The summed E-state index contributed by atoms with van der Waals surface area (Å²) in [5.41, 5.74) is 4.84. The number of benzene rings is 4. The average Bonchev–Trinajstić information content (AvgIpc) is 3.07. The van der Waals surface area contributed by atoms with Crippen molar-refractivity contribution in [1.29, 1.82) is 0 Å². The lowest BCUT2D eigenvalue weighted by molar-refractivity contribution is -0.149. The van der Waals surface area contributed by atoms with Gasteiger partial charge in [-0.3, -0.25) is 4.79 Å². The van der Waals surface area contributed by atoms with Gasteiger partial charge < -0.3 is 18.9 Å². The lowest BCUT2D eigenvalue weighted by atomic mass is 10.2. The van der Waals surface area contributed by atoms with Gasteiger partial charge in [-0.15, -0.1) is 0 Å². The second kappa shape index (κ2) is 16.6. The van der Waals surface area contributed by atoms with E-state index < -0.39 is 5.97 Å². The van der Waals surface area contributed by atoms with E-state index in [0.29, 0.717) is 52.0 Å². The summed E-state index contributed by atoms with van der Waals surface area (Å²) >= 11 is 0. The van der Waals surface area contributed by atoms with E-state index in [2.05, 4.69) is 37.3 Å². The van der Waals surface area contributed by atoms with Crippen LogP contribution in [-0.4, -0.2) is 25.5 Å². The average molecular weight is 607 g/mol. The molecule has 12 heteroatoms. The largest absolute Gasteiger partial charge is 0.457 e. The zero-order chi connectivity index (χ0) is 31.9. The van der Waals surface area contributed by atoms with Crippen molar-refractivity contribution >= 4 is 46.1 Å². The van der Waals surface area contributed by atoms with Crippen molar-refractivity contribution in [2.45, 2.75) is 20.3 Å². The van der Waals surface area contributed by atoms with Crippen molar-refractivity contribution in [2.24, 2.45) is 30.7 Å². The molecule has 4 aromatic rings. The van der Waals surface area contributed by atoms with Gasteiger partial charge in [-0.05, 0) is 103 Å². The van der Waals surface area contributed by atoms with Crippen LogP contribution in [0.5, 0.6) is 11.5 Å². The molecule has 0 bridgehead atoms. The van der Waals surface area contributed by atoms with Gasteiger partial charge in [0.05, 0.1) is 34.1 Å². The number of aryl methyl sites for hydroxylation is 1. The Morgan fingerprint density at radius 2 is 1.04 bits per heavy atom. The van der Waals surface area contributed by atoms with E-state index in [0.717, 1.165) is 11.6 Å². The molecule has 0 fully saturated rings. The Kier molecular flexibility index (Phi) is 11.7. The number of nitrogens with zero attached hydrogens (tertiary/aromatic N) is 6. The van der Waals surface area contributed by atoms with Gasteiger partial charge in [0.1, 0.15) is 11.5 Å². The molecular formula is C33H30N6O6. The SMILES string of the molecule is C=CC(=O)OCOc1ccc(N=Nc2ccc(N=Nc3ccc(N=Nc4ccc(OCOC(=O)CC)cc4)cc3)c(C)c2)cc1. The van der Waals surface area contributed by atoms with Crippen molar-refractivity contribution < 1.29 is 28.5 Å². The zero-order valence-corrected chi connectivity index (χ0v) is 24.7. The number of hydrogen-bond donors (Lipinski definition) is 0. The predicted molar refractivity (Wildman–Crippen MR) is 167 cm³/mol. The fourth-order valence-corrected chi connectivity index (χ4v) is 3.44. The summed E-state index contributed by atoms with van der Waals surface area (Å²) in [6, 6.07) is 26.5. The Morgan fingerprint density at radius 3 is 1.51 bits per heavy atom. The first-order chi connectivity index (χ1) is 21.9. The van der Waals surface area contributed by atoms with Crippen LogP contribution in [0.25, 0.3) is 0 Å². The molecule has 0 saturated carbocycles. The lowest BCUT2D eigenvalue weighted by Crippen LogP contribution is -2.08. The molecule has 0 saturated heterocycles. The minimum absolute atomic E-state index is 0.137. The predicted octanol–water partition coefficient (Wildman–Crippen LogP) is 9.60. The number of ether oxygens (including phenoxy) is 4. The normalized spacial score (nSPS) is 11.2. The molecule has 0 unspecified atom stereocenters. The minimum Gasteiger partial charge on any atom is -0.457 e. The molecule has 12 nitrogen and oxygen atoms in total. The number of hydrogen-bond acceptors (Lipinski definition) is 12. The van der Waals surface area contributed by atoms with Crippen LogP contribution in [0.1, 0.15) is 18.9 Å². The zero-order valence-electron chi connectivity index (χ0n) is 24.7. The summed E-state index contributed by atoms with van der Waals surface area (Å²) in [4.78, 5) is 22.2. The van der Waals surface area contributed by atoms with Gasteiger partial charge in [-0.1, -0.05) is 13.5 Å². The molecule has 0 radical (unpaired) electrons. The summed E-state index contributed by atoms with van der Waals surface area (Å²) in [5, 5.41) is 25.7. The summed E-state index contributed by atoms with van der Waals surface area (Å²) in [5.74, 6) is 0.207. The molecule has 45 heavy (non-hydrogen) atoms. The molecule has 0 atom stereocenters. The highest BCUT2D eigenvalue weighted by Crippen LogP contribution is 2.29. The Labute approximate surface area is 259 Å². The van der Waals surface area contributed by atoms with Crippen molar-refractivity contribution in [1.82, 2.24) is 0 Å². The first kappa shape index (κ1) is 31.9. The number of azo groups is 3. The molecule has 0 aromatic heterocycles. The third-order valence-electron chi connectivity index (χ3n) is 5.87. The molecular weight excluding hydrogens is 576 g/mol. The third-order valence-corrected chi connectivity index (χ3v) is 5.87. The second-order valence-electron chi connectivity index (χ2n) is 9.14. The molecule has 0 aliphatic carbocycles. The highest BCUT2D eigenvalue weighted by atomic mass is 16.7. The number of esters is 2. The first-order valence-electron chi connectivity index (χ1n) is 13.8. The van der Waals surface area contributed by atoms with Gasteiger partial charge in [0.2, 0.25) is 13.6 Å². The molecule has 228 valence electrons. The van der Waals surface area contributed by atoms with E-state index in [-0.39, 0.29) is 19.6 Å². The third kappa shape index (κ3) is 10.6. The summed E-state index contributed by atoms with van der Waals surface area (Å²) in [6.07, 6.45) is 1.37. The smallest absolute Gasteiger partial charge is 0.333 e. The molecule has 0 aliphatic heterocycles. The standard InChI is InChI=1S/C33H30N6O6/c1-4-32(40)44-21-42-29-15-10-26(11-16-29)35-34-24-6-8-25(9-7-24)37-39-31-19-14-28(20-23(31)3)38-36-27-12-17-30(18-13-27)43-22-45-33(41)5-2/h5-20H,2,4,21-22H2,1,3H3. The van der Waals surface area contributed by atoms with E-state index >= 15 is 0 Å². The van der Waals surface area contributed by atoms with Crippen LogP contribution in [0.3, 0.4) is 0 Å². The number of carbonyl (C=O) groups excluding carboxylic acids is 2. The maximum atomic E-state index is 11.2. The maximum Gasteiger partial charge on any atom is 0.333 e. The summed E-state index contributed by atoms with van der Waals surface area (Å²) < 4.78 is 20.4. The van der Waals surface area contributed by atoms with Gasteiger partial charge >= 0.3 is 11.9 Å². The molecule has 0 aliphatic rings. The number of carbonyl (C=O) groups is 2. The van der Waals surface area contributed by atoms with E-state index in [1.165, 1.54) is 0 Å². The molecule has 4 rings (SSSR count). The second-order valence-corrected chi connectivity index (χ2v) is 9.14. The van der Waals surface area contributed by atoms with Crippen LogP contribution < -0.4 is 9.47 Å². The molecule has 0 spiro atoms. The highest BCUT2D eigenvalue weighted by molar-refractivity contribution is 5.81. The first-order valence-corrected chi connectivity index (χ1v) is 13.8. The van der Waals surface area contributed by atoms with Crippen LogP contribution in [0, 0.1) is 6.92 Å². The lowest BCUT2D eigenvalue weighted by Gasteiger charge is -2.06. The van der Waals surface area contributed by atoms with Crippen molar-refractivity contribution in [3.05, 3.63) is 109 Å². The molecule has 0 amide bonds. The van der Waals surface area contributed by atoms with E-state index in [1.54, 1.807) is 85.8 Å². The molecule has 0 N–H and O–H groups in total. The van der Waals surface area contributed by atoms with Gasteiger partial charge in [0, 0.05) is 12.5 Å². The van der Waals surface area contributed by atoms with Gasteiger partial charge in [0.25, 0.3) is 0 Å². The minimum atomic E-state index is -0.556. The van der Waals surface area contributed by atoms with Crippen molar-refractivity contribution in [2.75, 3.05) is 13.6 Å². The summed E-state index contributed by atoms with van der Waals surface area (Å²) in [6.45, 7) is 6.62. The molecule has 0 heterocycles. The fraction of sp³-hybridized carbons (Fsp3) is 0.152. The monoisotopic (exact) mass is 606 g/mol. The number of rotatable bonds is 14. The van der Waals surface area contributed by atoms with Crippen LogP contribution in [0.15, 0.2) is 134 Å². The van der Waals surface area contributed by atoms with Crippen LogP contribution in [0.2, 0.25) is 0 Å². The Bertz CT molecular complexity index is 1680. The highest BCUT2D eigenvalue weighted by Gasteiger charge is 2.02. The van der Waals surface area contributed by atoms with Crippen molar-refractivity contribution in [3.8, 4) is 11.5 Å². The van der Waals surface area contributed by atoms with Gasteiger partial charge in [-0.25, -0.2) is 4.79 Å². The van der Waals surface area contributed by atoms with Gasteiger partial charge in [0.15, 0.2) is 0 Å². The van der Waals surface area contributed by atoms with Crippen LogP contribution >= 0.6 is 0 Å². The van der Waals surface area contributed by atoms with Crippen molar-refractivity contribution in [3.63, 3.8) is 0 Å². The van der Waals surface area contributed by atoms with Gasteiger partial charge in [-0.2, -0.15) is 30.7 Å². The Hall–Kier alpha value is -6.04. The maximum absolute atomic E-state index is 11.2. The topological polar surface area (TPSA) is 145 Å². The summed E-state index contributed by atoms with van der Waals surface area (Å²) in [7, 11) is 0. The van der Waals surface area contributed by atoms with Crippen LogP contribution in [-0.2, 0) is 19.1 Å². The fourth-order valence-electron chi connectivity index (χ4n) is 3.44. The molecule has 4 aromatic carbocycles. The Morgan fingerprint density at radius 1 is 0.622 bits per heavy atom. The van der Waals surface area contributed by atoms with E-state index in [4.69, 9.17) is 18.9 Å². The van der Waals surface area contributed by atoms with E-state index in [9.17, 15) is 9.59 Å². The Balaban J connectivity index is 1.27. The van der Waals surface area contributed by atoms with E-state index in [1.807, 2.05) is 19.1 Å². The quantitative estimate of drug-likeness (QED) is 0.0604. The van der Waals surface area contributed by atoms with Crippen LogP contribution in [0.4, 0.5) is 34.1 Å².